The molecule has 1 saturated heterocycles. The molecule has 2 atom stereocenters. The molecule has 0 spiro atoms. The number of benzene rings is 2. The van der Waals surface area contributed by atoms with Gasteiger partial charge in [-0.3, -0.25) is 4.90 Å². The molecule has 2 heterocycles. The molecule has 0 bridgehead atoms. The van der Waals surface area contributed by atoms with E-state index in [9.17, 15) is 5.11 Å². The van der Waals surface area contributed by atoms with Crippen LogP contribution in [0.4, 0.5) is 0 Å². The van der Waals surface area contributed by atoms with Gasteiger partial charge in [-0.05, 0) is 78.4 Å². The molecular formula is C22H27NO3. The first kappa shape index (κ1) is 17.4. The number of aliphatic hydroxyl groups excluding tert-OH is 1. The van der Waals surface area contributed by atoms with Crippen LogP contribution in [-0.2, 0) is 13.0 Å². The van der Waals surface area contributed by atoms with Gasteiger partial charge in [-0.1, -0.05) is 12.2 Å². The number of fused-ring (bicyclic) bond motifs is 4. The molecule has 26 heavy (non-hydrogen) atoms. The van der Waals surface area contributed by atoms with Crippen LogP contribution in [0.2, 0.25) is 0 Å². The Morgan fingerprint density at radius 3 is 2.65 bits per heavy atom. The Kier molecular flexibility index (Phi) is 4.63. The van der Waals surface area contributed by atoms with Crippen molar-refractivity contribution in [1.82, 2.24) is 4.90 Å². The second-order valence-corrected chi connectivity index (χ2v) is 7.42. The van der Waals surface area contributed by atoms with Gasteiger partial charge in [-0.15, -0.1) is 0 Å². The fourth-order valence-corrected chi connectivity index (χ4v) is 4.45. The average molecular weight is 353 g/mol. The smallest absolute Gasteiger partial charge is 0.161 e. The maximum Gasteiger partial charge on any atom is 0.161 e. The zero-order valence-electron chi connectivity index (χ0n) is 15.8. The molecule has 2 aromatic rings. The number of ether oxygens (including phenoxy) is 2. The summed E-state index contributed by atoms with van der Waals surface area (Å²) in [6.07, 6.45) is 7.12. The number of aliphatic hydroxyl groups is 1. The van der Waals surface area contributed by atoms with Crippen molar-refractivity contribution >= 4 is 16.8 Å². The first-order chi connectivity index (χ1) is 12.6. The van der Waals surface area contributed by atoms with E-state index in [1.807, 2.05) is 6.08 Å². The Morgan fingerprint density at radius 1 is 1.15 bits per heavy atom. The van der Waals surface area contributed by atoms with Crippen LogP contribution in [0.25, 0.3) is 16.8 Å². The van der Waals surface area contributed by atoms with E-state index in [1.54, 1.807) is 21.1 Å². The summed E-state index contributed by atoms with van der Waals surface area (Å²) in [6, 6.07) is 7.05. The fourth-order valence-electron chi connectivity index (χ4n) is 4.45. The lowest BCUT2D eigenvalue weighted by molar-refractivity contribution is 0.228. The Labute approximate surface area is 155 Å². The summed E-state index contributed by atoms with van der Waals surface area (Å²) in [5.74, 6) is 1.53. The predicted molar refractivity (Wildman–Crippen MR) is 105 cm³/mol. The number of hydrogen-bond donors (Lipinski definition) is 1. The minimum atomic E-state index is -0.449. The third-order valence-electron chi connectivity index (χ3n) is 5.76. The highest BCUT2D eigenvalue weighted by Gasteiger charge is 2.32. The molecule has 1 N–H and O–H groups in total. The highest BCUT2D eigenvalue weighted by atomic mass is 16.5. The van der Waals surface area contributed by atoms with Crippen LogP contribution in [0.3, 0.4) is 0 Å². The van der Waals surface area contributed by atoms with Crippen LogP contribution in [0, 0.1) is 0 Å². The molecule has 0 saturated carbocycles. The summed E-state index contributed by atoms with van der Waals surface area (Å²) in [5.41, 5.74) is 4.02. The molecule has 4 nitrogen and oxygen atoms in total. The van der Waals surface area contributed by atoms with E-state index in [4.69, 9.17) is 9.47 Å². The van der Waals surface area contributed by atoms with Crippen LogP contribution >= 0.6 is 0 Å². The second-order valence-electron chi connectivity index (χ2n) is 7.42. The van der Waals surface area contributed by atoms with Crippen LogP contribution in [0.5, 0.6) is 11.5 Å². The van der Waals surface area contributed by atoms with E-state index in [0.29, 0.717) is 6.04 Å². The van der Waals surface area contributed by atoms with Gasteiger partial charge in [0.1, 0.15) is 0 Å². The van der Waals surface area contributed by atoms with Gasteiger partial charge < -0.3 is 14.6 Å². The molecule has 0 unspecified atom stereocenters. The summed E-state index contributed by atoms with van der Waals surface area (Å²) in [4.78, 5) is 2.61. The topological polar surface area (TPSA) is 41.9 Å². The number of rotatable bonds is 4. The van der Waals surface area contributed by atoms with E-state index >= 15 is 0 Å². The van der Waals surface area contributed by atoms with Gasteiger partial charge in [0.15, 0.2) is 11.5 Å². The van der Waals surface area contributed by atoms with Crippen molar-refractivity contribution in [3.8, 4) is 11.5 Å². The minimum absolute atomic E-state index is 0.449. The number of nitrogens with zero attached hydrogens (tertiary/aromatic N) is 1. The van der Waals surface area contributed by atoms with Gasteiger partial charge in [0.05, 0.1) is 20.3 Å². The first-order valence-electron chi connectivity index (χ1n) is 9.41. The van der Waals surface area contributed by atoms with Crippen LogP contribution in [-0.4, -0.2) is 42.9 Å². The summed E-state index contributed by atoms with van der Waals surface area (Å²) >= 11 is 0. The molecule has 1 fully saturated rings. The molecule has 0 radical (unpaired) electrons. The minimum Gasteiger partial charge on any atom is -0.493 e. The maximum atomic E-state index is 9.70. The molecule has 138 valence electrons. The molecule has 0 aliphatic carbocycles. The summed E-state index contributed by atoms with van der Waals surface area (Å²) in [6.45, 7) is 3.96. The van der Waals surface area contributed by atoms with Gasteiger partial charge in [0.2, 0.25) is 0 Å². The average Bonchev–Trinajstić information content (AvgIpc) is 3.10. The molecule has 2 aliphatic heterocycles. The lowest BCUT2D eigenvalue weighted by Gasteiger charge is -2.33. The maximum absolute atomic E-state index is 9.70. The number of methoxy groups -OCH3 is 2. The first-order valence-corrected chi connectivity index (χ1v) is 9.41. The lowest BCUT2D eigenvalue weighted by Crippen LogP contribution is -2.35. The van der Waals surface area contributed by atoms with E-state index in [-0.39, 0.29) is 0 Å². The molecule has 2 aromatic carbocycles. The Bertz CT molecular complexity index is 856. The molecule has 4 heteroatoms. The Morgan fingerprint density at radius 2 is 1.92 bits per heavy atom. The van der Waals surface area contributed by atoms with Crippen LogP contribution in [0.15, 0.2) is 24.3 Å². The third-order valence-corrected chi connectivity index (χ3v) is 5.76. The number of hydrogen-bond acceptors (Lipinski definition) is 4. The van der Waals surface area contributed by atoms with E-state index < -0.39 is 6.10 Å². The van der Waals surface area contributed by atoms with Gasteiger partial charge in [-0.25, -0.2) is 0 Å². The van der Waals surface area contributed by atoms with E-state index in [2.05, 4.69) is 29.2 Å². The normalized spacial score (nSPS) is 21.0. The quantitative estimate of drug-likeness (QED) is 0.908. The van der Waals surface area contributed by atoms with Crippen molar-refractivity contribution in [1.29, 1.82) is 0 Å². The predicted octanol–water partition coefficient (Wildman–Crippen LogP) is 3.77. The summed E-state index contributed by atoms with van der Waals surface area (Å²) < 4.78 is 11.1. The van der Waals surface area contributed by atoms with Gasteiger partial charge in [0, 0.05) is 12.6 Å². The SMILES string of the molecule is COc1cc2cc(C=C[C@H](C)O)c3c(c2cc1OC)C[C@@H]1CCCN1C3. The molecule has 4 rings (SSSR count). The third kappa shape index (κ3) is 2.97. The summed E-state index contributed by atoms with van der Waals surface area (Å²) in [5, 5.41) is 12.1. The van der Waals surface area contributed by atoms with Crippen molar-refractivity contribution in [2.75, 3.05) is 20.8 Å². The van der Waals surface area contributed by atoms with Crippen molar-refractivity contribution in [3.63, 3.8) is 0 Å². The standard InChI is InChI=1S/C22H27NO3/c1-14(24)6-7-15-9-16-10-21(25-2)22(26-3)12-18(16)19-11-17-5-4-8-23(17)13-20(15)19/h6-7,9-10,12,14,17,24H,4-5,8,11,13H2,1-3H3/t14-,17-/m0/s1. The molecule has 2 aliphatic rings. The van der Waals surface area contributed by atoms with Gasteiger partial charge >= 0.3 is 0 Å². The molecular weight excluding hydrogens is 326 g/mol. The van der Waals surface area contributed by atoms with Crippen molar-refractivity contribution in [2.45, 2.75) is 44.9 Å². The molecule has 0 amide bonds. The highest BCUT2D eigenvalue weighted by molar-refractivity contribution is 5.92. The van der Waals surface area contributed by atoms with E-state index in [1.165, 1.54) is 41.5 Å². The van der Waals surface area contributed by atoms with Crippen molar-refractivity contribution in [3.05, 3.63) is 41.0 Å². The van der Waals surface area contributed by atoms with Crippen LogP contribution < -0.4 is 9.47 Å². The second kappa shape index (κ2) is 6.93. The molecule has 0 aromatic heterocycles. The van der Waals surface area contributed by atoms with E-state index in [0.717, 1.165) is 29.9 Å². The zero-order chi connectivity index (χ0) is 18.3. The fraction of sp³-hybridized carbons (Fsp3) is 0.455. The van der Waals surface area contributed by atoms with Crippen LogP contribution in [0.1, 0.15) is 36.5 Å². The van der Waals surface area contributed by atoms with Gasteiger partial charge in [-0.2, -0.15) is 0 Å². The van der Waals surface area contributed by atoms with Crippen molar-refractivity contribution < 1.29 is 14.6 Å². The zero-order valence-corrected chi connectivity index (χ0v) is 15.8. The highest BCUT2D eigenvalue weighted by Crippen LogP contribution is 2.40. The largest absolute Gasteiger partial charge is 0.493 e. The lowest BCUT2D eigenvalue weighted by atomic mass is 9.86. The Balaban J connectivity index is 1.93. The monoisotopic (exact) mass is 353 g/mol. The Hall–Kier alpha value is -2.04. The van der Waals surface area contributed by atoms with Crippen molar-refractivity contribution in [2.24, 2.45) is 0 Å². The summed E-state index contributed by atoms with van der Waals surface area (Å²) in [7, 11) is 3.36. The van der Waals surface area contributed by atoms with Gasteiger partial charge in [0.25, 0.3) is 0 Å².